The van der Waals surface area contributed by atoms with Gasteiger partial charge >= 0.3 is 6.03 Å². The normalized spacial score (nSPS) is 21.4. The number of nitrogens with one attached hydrogen (secondary N) is 3. The Bertz CT molecular complexity index is 1020. The minimum atomic E-state index is -0.538. The van der Waals surface area contributed by atoms with Gasteiger partial charge in [-0.25, -0.2) is 4.79 Å². The van der Waals surface area contributed by atoms with Gasteiger partial charge < -0.3 is 21.3 Å². The summed E-state index contributed by atoms with van der Waals surface area (Å²) in [5.41, 5.74) is 7.05. The van der Waals surface area contributed by atoms with E-state index >= 15 is 0 Å². The SMILES string of the molecule is NCCN1CCN(c2nc(NC3CC3)n3ncc(/C=C4\NC(=O)NC4=O)c3n2)CC1. The average molecular weight is 412 g/mol. The number of carbonyl (C=O) groups excluding carboxylic acids is 2. The molecule has 5 rings (SSSR count). The lowest BCUT2D eigenvalue weighted by atomic mass is 10.2. The van der Waals surface area contributed by atoms with Gasteiger partial charge in [-0.1, -0.05) is 0 Å². The van der Waals surface area contributed by atoms with Gasteiger partial charge in [0.25, 0.3) is 5.91 Å². The van der Waals surface area contributed by atoms with Gasteiger partial charge in [0.15, 0.2) is 5.65 Å². The second-order valence-corrected chi connectivity index (χ2v) is 7.68. The van der Waals surface area contributed by atoms with Gasteiger partial charge in [0.1, 0.15) is 5.70 Å². The maximum atomic E-state index is 11.9. The Morgan fingerprint density at radius 3 is 2.63 bits per heavy atom. The Hall–Kier alpha value is -3.25. The van der Waals surface area contributed by atoms with Crippen LogP contribution >= 0.6 is 0 Å². The predicted octanol–water partition coefficient (Wildman–Crippen LogP) is -1.04. The summed E-state index contributed by atoms with van der Waals surface area (Å²) in [7, 11) is 0. The van der Waals surface area contributed by atoms with E-state index in [1.54, 1.807) is 16.8 Å². The van der Waals surface area contributed by atoms with Crippen LogP contribution in [0.2, 0.25) is 0 Å². The van der Waals surface area contributed by atoms with Crippen LogP contribution < -0.4 is 26.6 Å². The quantitative estimate of drug-likeness (QED) is 0.345. The number of nitrogens with zero attached hydrogens (tertiary/aromatic N) is 6. The van der Waals surface area contributed by atoms with E-state index in [0.29, 0.717) is 35.7 Å². The Kier molecular flexibility index (Phi) is 4.71. The molecule has 3 amide bonds. The van der Waals surface area contributed by atoms with Crippen LogP contribution in [-0.4, -0.2) is 81.7 Å². The fourth-order valence-electron chi connectivity index (χ4n) is 3.62. The number of urea groups is 1. The monoisotopic (exact) mass is 412 g/mol. The molecule has 4 heterocycles. The third-order valence-corrected chi connectivity index (χ3v) is 5.41. The number of piperazine rings is 1. The summed E-state index contributed by atoms with van der Waals surface area (Å²) in [6, 6.07) is -0.146. The first kappa shape index (κ1) is 18.8. The van der Waals surface area contributed by atoms with Crippen LogP contribution in [0, 0.1) is 0 Å². The first-order valence-electron chi connectivity index (χ1n) is 10.1. The molecule has 30 heavy (non-hydrogen) atoms. The number of hydrogen-bond acceptors (Lipinski definition) is 9. The molecule has 0 atom stereocenters. The van der Waals surface area contributed by atoms with Crippen LogP contribution in [-0.2, 0) is 4.79 Å². The molecule has 158 valence electrons. The third-order valence-electron chi connectivity index (χ3n) is 5.41. The smallest absolute Gasteiger partial charge is 0.326 e. The van der Waals surface area contributed by atoms with E-state index in [4.69, 9.17) is 15.7 Å². The number of imide groups is 1. The Labute approximate surface area is 172 Å². The zero-order valence-corrected chi connectivity index (χ0v) is 16.5. The van der Waals surface area contributed by atoms with E-state index in [0.717, 1.165) is 45.6 Å². The molecule has 0 bridgehead atoms. The standard InChI is InChI=1S/C18H24N10O2/c19-3-4-26-5-7-27(8-6-26)16-23-14-11(9-13-15(29)24-18(30)22-13)10-20-28(14)17(25-16)21-12-1-2-12/h9-10,12H,1-8,19H2,(H,21,23,25)(H2,22,24,29,30)/b13-9-. The van der Waals surface area contributed by atoms with Gasteiger partial charge in [0, 0.05) is 50.9 Å². The van der Waals surface area contributed by atoms with E-state index in [1.165, 1.54) is 0 Å². The van der Waals surface area contributed by atoms with Gasteiger partial charge in [0.05, 0.1) is 6.20 Å². The van der Waals surface area contributed by atoms with Crippen molar-refractivity contribution in [3.8, 4) is 0 Å². The first-order valence-corrected chi connectivity index (χ1v) is 10.1. The van der Waals surface area contributed by atoms with Crippen molar-refractivity contribution in [1.82, 2.24) is 35.1 Å². The first-order chi connectivity index (χ1) is 14.6. The summed E-state index contributed by atoms with van der Waals surface area (Å²) in [5.74, 6) is 0.783. The number of amides is 3. The lowest BCUT2D eigenvalue weighted by Crippen LogP contribution is -2.48. The van der Waals surface area contributed by atoms with Crippen molar-refractivity contribution in [2.45, 2.75) is 18.9 Å². The Morgan fingerprint density at radius 1 is 1.17 bits per heavy atom. The largest absolute Gasteiger partial charge is 0.351 e. The lowest BCUT2D eigenvalue weighted by Gasteiger charge is -2.34. The molecule has 0 unspecified atom stereocenters. The van der Waals surface area contributed by atoms with Crippen molar-refractivity contribution in [1.29, 1.82) is 0 Å². The van der Waals surface area contributed by atoms with E-state index < -0.39 is 11.9 Å². The topological polar surface area (TPSA) is 146 Å². The number of rotatable bonds is 6. The molecule has 12 nitrogen and oxygen atoms in total. The molecule has 2 aromatic heterocycles. The van der Waals surface area contributed by atoms with Crippen LogP contribution in [0.15, 0.2) is 11.9 Å². The maximum absolute atomic E-state index is 11.9. The fourth-order valence-corrected chi connectivity index (χ4v) is 3.62. The number of carbonyl (C=O) groups is 2. The van der Waals surface area contributed by atoms with Gasteiger partial charge in [-0.15, -0.1) is 0 Å². The molecule has 3 aliphatic rings. The second-order valence-electron chi connectivity index (χ2n) is 7.68. The highest BCUT2D eigenvalue weighted by Gasteiger charge is 2.27. The number of fused-ring (bicyclic) bond motifs is 1. The zero-order valence-electron chi connectivity index (χ0n) is 16.5. The molecule has 0 radical (unpaired) electrons. The molecule has 2 aromatic rings. The van der Waals surface area contributed by atoms with E-state index in [2.05, 4.69) is 30.8 Å². The van der Waals surface area contributed by atoms with Crippen LogP contribution in [0.1, 0.15) is 18.4 Å². The molecule has 0 aromatic carbocycles. The van der Waals surface area contributed by atoms with Crippen LogP contribution in [0.25, 0.3) is 11.7 Å². The molecule has 2 saturated heterocycles. The van der Waals surface area contributed by atoms with Gasteiger partial charge in [-0.2, -0.15) is 19.6 Å². The van der Waals surface area contributed by atoms with Crippen molar-refractivity contribution < 1.29 is 9.59 Å². The van der Waals surface area contributed by atoms with E-state index in [9.17, 15) is 9.59 Å². The van der Waals surface area contributed by atoms with Crippen molar-refractivity contribution >= 4 is 35.6 Å². The number of hydrogen-bond donors (Lipinski definition) is 4. The van der Waals surface area contributed by atoms with E-state index in [-0.39, 0.29) is 5.70 Å². The number of aromatic nitrogens is 4. The Morgan fingerprint density at radius 2 is 1.97 bits per heavy atom. The molecular weight excluding hydrogens is 388 g/mol. The zero-order chi connectivity index (χ0) is 20.7. The van der Waals surface area contributed by atoms with Gasteiger partial charge in [0.2, 0.25) is 11.9 Å². The fraction of sp³-hybridized carbons (Fsp3) is 0.500. The maximum Gasteiger partial charge on any atom is 0.326 e. The van der Waals surface area contributed by atoms with Crippen LogP contribution in [0.4, 0.5) is 16.7 Å². The van der Waals surface area contributed by atoms with Crippen molar-refractivity contribution in [2.24, 2.45) is 5.73 Å². The van der Waals surface area contributed by atoms with Crippen molar-refractivity contribution in [2.75, 3.05) is 49.5 Å². The molecule has 1 saturated carbocycles. The van der Waals surface area contributed by atoms with Crippen LogP contribution in [0.3, 0.4) is 0 Å². The minimum Gasteiger partial charge on any atom is -0.351 e. The Balaban J connectivity index is 1.49. The molecule has 3 fully saturated rings. The molecular formula is C18H24N10O2. The second kappa shape index (κ2) is 7.54. The predicted molar refractivity (Wildman–Crippen MR) is 110 cm³/mol. The van der Waals surface area contributed by atoms with E-state index in [1.807, 2.05) is 0 Å². The molecule has 2 aliphatic heterocycles. The molecule has 12 heteroatoms. The highest BCUT2D eigenvalue weighted by Crippen LogP contribution is 2.26. The molecule has 1 aliphatic carbocycles. The van der Waals surface area contributed by atoms with Gasteiger partial charge in [-0.3, -0.25) is 15.0 Å². The summed E-state index contributed by atoms with van der Waals surface area (Å²) in [6.45, 7) is 4.95. The van der Waals surface area contributed by atoms with Gasteiger partial charge in [-0.05, 0) is 18.9 Å². The molecule has 5 N–H and O–H groups in total. The average Bonchev–Trinajstić information content (AvgIpc) is 3.37. The van der Waals surface area contributed by atoms with Crippen molar-refractivity contribution in [3.63, 3.8) is 0 Å². The highest BCUT2D eigenvalue weighted by atomic mass is 16.2. The minimum absolute atomic E-state index is 0.169. The third kappa shape index (κ3) is 3.66. The summed E-state index contributed by atoms with van der Waals surface area (Å²) < 4.78 is 1.65. The molecule has 0 spiro atoms. The highest BCUT2D eigenvalue weighted by molar-refractivity contribution is 6.14. The summed E-state index contributed by atoms with van der Waals surface area (Å²) in [6.07, 6.45) is 5.40. The lowest BCUT2D eigenvalue weighted by molar-refractivity contribution is -0.115. The summed E-state index contributed by atoms with van der Waals surface area (Å²) >= 11 is 0. The summed E-state index contributed by atoms with van der Waals surface area (Å²) in [4.78, 5) is 37.3. The number of anilines is 2. The summed E-state index contributed by atoms with van der Waals surface area (Å²) in [5, 5.41) is 12.5. The number of nitrogens with two attached hydrogens (primary N) is 1. The van der Waals surface area contributed by atoms with Crippen LogP contribution in [0.5, 0.6) is 0 Å². The van der Waals surface area contributed by atoms with Crippen molar-refractivity contribution in [3.05, 3.63) is 17.5 Å².